The van der Waals surface area contributed by atoms with E-state index < -0.39 is 15.6 Å². The van der Waals surface area contributed by atoms with Crippen molar-refractivity contribution in [3.63, 3.8) is 0 Å². The van der Waals surface area contributed by atoms with Crippen LogP contribution in [0.15, 0.2) is 21.6 Å². The Labute approximate surface area is 99.9 Å². The molecule has 1 aromatic heterocycles. The van der Waals surface area contributed by atoms with Gasteiger partial charge >= 0.3 is 0 Å². The molecule has 0 aliphatic heterocycles. The lowest BCUT2D eigenvalue weighted by atomic mass is 9.80. The van der Waals surface area contributed by atoms with Crippen LogP contribution in [0.5, 0.6) is 0 Å². The third-order valence-electron chi connectivity index (χ3n) is 2.95. The van der Waals surface area contributed by atoms with Crippen molar-refractivity contribution in [2.75, 3.05) is 6.54 Å². The maximum atomic E-state index is 11.0. The summed E-state index contributed by atoms with van der Waals surface area (Å²) in [5.41, 5.74) is -0.602. The molecule has 0 saturated heterocycles. The summed E-state index contributed by atoms with van der Waals surface area (Å²) in [5.74, 6) is 0.483. The van der Waals surface area contributed by atoms with E-state index >= 15 is 0 Å². The predicted octanol–water partition coefficient (Wildman–Crippen LogP) is -0.0684. The van der Waals surface area contributed by atoms with Crippen molar-refractivity contribution < 1.29 is 17.9 Å². The van der Waals surface area contributed by atoms with Gasteiger partial charge in [0.15, 0.2) is 0 Å². The molecule has 0 radical (unpaired) electrons. The number of hydrogen-bond donors (Lipinski definition) is 3. The Hall–Kier alpha value is -0.890. The number of primary sulfonamides is 1. The molecule has 6 nitrogen and oxygen atoms in total. The number of rotatable bonds is 5. The van der Waals surface area contributed by atoms with Crippen LogP contribution < -0.4 is 10.5 Å². The second kappa shape index (κ2) is 4.41. The summed E-state index contributed by atoms with van der Waals surface area (Å²) in [6.07, 6.45) is 2.66. The van der Waals surface area contributed by atoms with Crippen molar-refractivity contribution in [1.82, 2.24) is 5.32 Å². The largest absolute Gasteiger partial charge is 0.447 e. The van der Waals surface area contributed by atoms with Crippen LogP contribution in [0.2, 0.25) is 0 Å². The minimum atomic E-state index is -3.77. The van der Waals surface area contributed by atoms with Crippen LogP contribution in [-0.4, -0.2) is 25.7 Å². The van der Waals surface area contributed by atoms with Crippen LogP contribution in [0.3, 0.4) is 0 Å². The fourth-order valence-electron chi connectivity index (χ4n) is 1.79. The maximum absolute atomic E-state index is 11.0. The van der Waals surface area contributed by atoms with Crippen LogP contribution in [0.4, 0.5) is 0 Å². The molecule has 1 saturated carbocycles. The van der Waals surface area contributed by atoms with Gasteiger partial charge in [0, 0.05) is 6.54 Å². The summed E-state index contributed by atoms with van der Waals surface area (Å²) >= 11 is 0. The summed E-state index contributed by atoms with van der Waals surface area (Å²) in [6.45, 7) is 0.857. The van der Waals surface area contributed by atoms with Crippen LogP contribution in [0, 0.1) is 0 Å². The van der Waals surface area contributed by atoms with E-state index in [4.69, 9.17) is 9.56 Å². The number of nitrogens with one attached hydrogen (secondary N) is 1. The van der Waals surface area contributed by atoms with Crippen molar-refractivity contribution in [3.8, 4) is 0 Å². The van der Waals surface area contributed by atoms with Crippen LogP contribution in [0.25, 0.3) is 0 Å². The first kappa shape index (κ1) is 12.6. The molecule has 1 aliphatic carbocycles. The van der Waals surface area contributed by atoms with Crippen molar-refractivity contribution in [2.24, 2.45) is 5.14 Å². The van der Waals surface area contributed by atoms with Crippen molar-refractivity contribution in [1.29, 1.82) is 0 Å². The number of sulfonamides is 1. The molecule has 1 fully saturated rings. The second-order valence-corrected chi connectivity index (χ2v) is 5.94. The quantitative estimate of drug-likeness (QED) is 0.687. The van der Waals surface area contributed by atoms with Crippen molar-refractivity contribution >= 4 is 10.0 Å². The Morgan fingerprint density at radius 3 is 2.65 bits per heavy atom. The molecule has 17 heavy (non-hydrogen) atoms. The van der Waals surface area contributed by atoms with Gasteiger partial charge in [-0.2, -0.15) is 0 Å². The lowest BCUT2D eigenvalue weighted by Gasteiger charge is -2.36. The SMILES string of the molecule is NS(=O)(=O)c1ccc(CNCC2(O)CCC2)o1. The van der Waals surface area contributed by atoms with Crippen LogP contribution in [-0.2, 0) is 16.6 Å². The molecule has 2 rings (SSSR count). The highest BCUT2D eigenvalue weighted by Gasteiger charge is 2.33. The highest BCUT2D eigenvalue weighted by Crippen LogP contribution is 2.30. The van der Waals surface area contributed by atoms with E-state index in [0.717, 1.165) is 19.3 Å². The number of hydrogen-bond acceptors (Lipinski definition) is 5. The highest BCUT2D eigenvalue weighted by molar-refractivity contribution is 7.89. The predicted molar refractivity (Wildman–Crippen MR) is 60.6 cm³/mol. The topological polar surface area (TPSA) is 106 Å². The summed E-state index contributed by atoms with van der Waals surface area (Å²) in [5, 5.41) is 17.5. The third-order valence-corrected chi connectivity index (χ3v) is 3.74. The Balaban J connectivity index is 1.85. The molecule has 0 unspecified atom stereocenters. The zero-order valence-electron chi connectivity index (χ0n) is 9.35. The molecule has 4 N–H and O–H groups in total. The summed E-state index contributed by atoms with van der Waals surface area (Å²) in [7, 11) is -3.77. The lowest BCUT2D eigenvalue weighted by Crippen LogP contribution is -2.45. The zero-order chi connectivity index (χ0) is 12.5. The third kappa shape index (κ3) is 3.06. The Kier molecular flexibility index (Phi) is 3.26. The normalized spacial score (nSPS) is 18.9. The first-order valence-corrected chi connectivity index (χ1v) is 6.98. The average molecular weight is 260 g/mol. The number of nitrogens with two attached hydrogens (primary N) is 1. The van der Waals surface area contributed by atoms with Gasteiger partial charge in [-0.15, -0.1) is 0 Å². The minimum absolute atomic E-state index is 0.239. The molecule has 0 amide bonds. The standard InChI is InChI=1S/C10H16N2O4S/c11-17(14,15)9-3-2-8(16-9)6-12-7-10(13)4-1-5-10/h2-3,12-13H,1,4-7H2,(H2,11,14,15). The maximum Gasteiger partial charge on any atom is 0.271 e. The van der Waals surface area contributed by atoms with E-state index in [1.54, 1.807) is 6.07 Å². The van der Waals surface area contributed by atoms with E-state index in [2.05, 4.69) is 5.32 Å². The molecule has 0 aromatic carbocycles. The zero-order valence-corrected chi connectivity index (χ0v) is 10.2. The number of furan rings is 1. The molecule has 0 atom stereocenters. The van der Waals surface area contributed by atoms with Crippen LogP contribution >= 0.6 is 0 Å². The Bertz CT molecular complexity index is 490. The van der Waals surface area contributed by atoms with Crippen molar-refractivity contribution in [2.45, 2.75) is 36.5 Å². The summed E-state index contributed by atoms with van der Waals surface area (Å²) in [4.78, 5) is 0. The Morgan fingerprint density at radius 2 is 2.18 bits per heavy atom. The molecule has 0 bridgehead atoms. The molecule has 1 aromatic rings. The fourth-order valence-corrected chi connectivity index (χ4v) is 2.27. The average Bonchev–Trinajstić information content (AvgIpc) is 2.63. The molecule has 0 spiro atoms. The number of aliphatic hydroxyl groups is 1. The lowest BCUT2D eigenvalue weighted by molar-refractivity contribution is -0.0317. The van der Waals surface area contributed by atoms with Crippen molar-refractivity contribution in [3.05, 3.63) is 17.9 Å². The fraction of sp³-hybridized carbons (Fsp3) is 0.600. The summed E-state index contributed by atoms with van der Waals surface area (Å²) < 4.78 is 27.0. The summed E-state index contributed by atoms with van der Waals surface area (Å²) in [6, 6.07) is 2.88. The van der Waals surface area contributed by atoms with Gasteiger partial charge in [-0.05, 0) is 31.4 Å². The van der Waals surface area contributed by atoms with E-state index in [-0.39, 0.29) is 5.09 Å². The van der Waals surface area contributed by atoms with Gasteiger partial charge in [-0.1, -0.05) is 0 Å². The van der Waals surface area contributed by atoms with E-state index in [1.807, 2.05) is 0 Å². The molecule has 1 heterocycles. The van der Waals surface area contributed by atoms with Gasteiger partial charge in [0.1, 0.15) is 5.76 Å². The first-order valence-electron chi connectivity index (χ1n) is 5.44. The van der Waals surface area contributed by atoms with E-state index in [9.17, 15) is 13.5 Å². The monoisotopic (exact) mass is 260 g/mol. The molecular weight excluding hydrogens is 244 g/mol. The smallest absolute Gasteiger partial charge is 0.271 e. The van der Waals surface area contributed by atoms with Crippen LogP contribution in [0.1, 0.15) is 25.0 Å². The van der Waals surface area contributed by atoms with E-state index in [1.165, 1.54) is 6.07 Å². The van der Waals surface area contributed by atoms with Gasteiger partial charge < -0.3 is 14.8 Å². The van der Waals surface area contributed by atoms with Gasteiger partial charge in [-0.3, -0.25) is 0 Å². The van der Waals surface area contributed by atoms with E-state index in [0.29, 0.717) is 18.8 Å². The molecule has 7 heteroatoms. The minimum Gasteiger partial charge on any atom is -0.447 e. The Morgan fingerprint density at radius 1 is 1.47 bits per heavy atom. The molecule has 1 aliphatic rings. The van der Waals surface area contributed by atoms with Gasteiger partial charge in [0.2, 0.25) is 5.09 Å². The first-order chi connectivity index (χ1) is 7.89. The highest BCUT2D eigenvalue weighted by atomic mass is 32.2. The van der Waals surface area contributed by atoms with Gasteiger partial charge in [-0.25, -0.2) is 13.6 Å². The molecular formula is C10H16N2O4S. The van der Waals surface area contributed by atoms with Gasteiger partial charge in [0.25, 0.3) is 10.0 Å². The molecule has 96 valence electrons. The van der Waals surface area contributed by atoms with Gasteiger partial charge in [0.05, 0.1) is 12.1 Å². The second-order valence-electron chi connectivity index (χ2n) is 4.45.